The number of H-pyrrole nitrogens is 1. The average Bonchev–Trinajstić information content (AvgIpc) is 3.68. The Morgan fingerprint density at radius 2 is 2.00 bits per heavy atom. The van der Waals surface area contributed by atoms with Crippen molar-refractivity contribution in [3.63, 3.8) is 0 Å². The van der Waals surface area contributed by atoms with Gasteiger partial charge >= 0.3 is 6.18 Å². The van der Waals surface area contributed by atoms with E-state index in [0.29, 0.717) is 12.1 Å². The summed E-state index contributed by atoms with van der Waals surface area (Å²) in [6.45, 7) is 1.63. The van der Waals surface area contributed by atoms with Crippen molar-refractivity contribution in [3.8, 4) is 28.4 Å². The molecule has 0 aliphatic carbocycles. The van der Waals surface area contributed by atoms with E-state index in [1.807, 2.05) is 6.92 Å². The number of halogens is 5. The van der Waals surface area contributed by atoms with Crippen molar-refractivity contribution in [1.82, 2.24) is 25.5 Å². The van der Waals surface area contributed by atoms with Gasteiger partial charge < -0.3 is 28.3 Å². The lowest BCUT2D eigenvalue weighted by Gasteiger charge is -2.28. The maximum absolute atomic E-state index is 14.5. The molecule has 12 nitrogen and oxygen atoms in total. The van der Waals surface area contributed by atoms with Crippen LogP contribution in [0.4, 0.5) is 22.0 Å². The van der Waals surface area contributed by atoms with Crippen LogP contribution in [-0.2, 0) is 33.1 Å². The van der Waals surface area contributed by atoms with E-state index in [1.165, 1.54) is 41.6 Å². The first-order chi connectivity index (χ1) is 22.5. The fourth-order valence-electron chi connectivity index (χ4n) is 4.71. The van der Waals surface area contributed by atoms with Crippen LogP contribution >= 0.6 is 0 Å². The van der Waals surface area contributed by atoms with Crippen LogP contribution < -0.4 is 10.1 Å². The number of amides is 1. The van der Waals surface area contributed by atoms with E-state index in [-0.39, 0.29) is 72.6 Å². The van der Waals surface area contributed by atoms with Gasteiger partial charge in [-0.25, -0.2) is 18.0 Å². The third-order valence-corrected chi connectivity index (χ3v) is 7.21. The van der Waals surface area contributed by atoms with Crippen molar-refractivity contribution in [2.45, 2.75) is 38.5 Å². The van der Waals surface area contributed by atoms with E-state index in [9.17, 15) is 35.5 Å². The number of nitrogens with zero attached hydrogens (tertiary/aromatic N) is 4. The van der Waals surface area contributed by atoms with Gasteiger partial charge in [-0.2, -0.15) is 18.3 Å². The van der Waals surface area contributed by atoms with E-state index in [1.54, 1.807) is 0 Å². The number of alkyl halides is 3. The largest absolute Gasteiger partial charge is 0.750 e. The number of carbonyl (C=O) groups is 1. The lowest BCUT2D eigenvalue weighted by Crippen LogP contribution is -2.39. The molecule has 0 fully saturated rings. The SMILES string of the molecule is CCCOc1ccc(-c2cc(C(C(=O)NCCCOS(=O)[O-])N3Cc4[nH]c(-c5cccc(F)c5F)nc4C=N3)on2)c(C(F)(F)F)c1. The van der Waals surface area contributed by atoms with Gasteiger partial charge in [-0.1, -0.05) is 18.1 Å². The molecule has 0 saturated heterocycles. The lowest BCUT2D eigenvalue weighted by atomic mass is 10.0. The van der Waals surface area contributed by atoms with Gasteiger partial charge in [-0.3, -0.25) is 9.80 Å². The summed E-state index contributed by atoms with van der Waals surface area (Å²) < 4.78 is 107. The van der Waals surface area contributed by atoms with Crippen LogP contribution in [0.15, 0.2) is 52.1 Å². The monoisotopic (exact) mass is 681 g/mol. The molecule has 18 heteroatoms. The Hall–Kier alpha value is -4.68. The minimum atomic E-state index is -4.78. The number of hydrogen-bond acceptors (Lipinski definition) is 10. The summed E-state index contributed by atoms with van der Waals surface area (Å²) in [5.41, 5.74) is -1.06. The molecule has 1 aliphatic rings. The molecule has 250 valence electrons. The number of nitrogens with one attached hydrogen (secondary N) is 2. The molecule has 0 spiro atoms. The van der Waals surface area contributed by atoms with E-state index in [0.717, 1.165) is 12.1 Å². The summed E-state index contributed by atoms with van der Waals surface area (Å²) in [6, 6.07) is 6.79. The van der Waals surface area contributed by atoms with Gasteiger partial charge in [-0.05, 0) is 43.2 Å². The van der Waals surface area contributed by atoms with Gasteiger partial charge in [0.2, 0.25) is 0 Å². The molecule has 2 atom stereocenters. The van der Waals surface area contributed by atoms with Crippen LogP contribution in [0, 0.1) is 11.6 Å². The smallest absolute Gasteiger partial charge is 0.417 e. The third kappa shape index (κ3) is 7.83. The number of hydrogen-bond donors (Lipinski definition) is 2. The fraction of sp³-hybridized carbons (Fsp3) is 0.310. The van der Waals surface area contributed by atoms with Crippen LogP contribution in [0.2, 0.25) is 0 Å². The van der Waals surface area contributed by atoms with Crippen molar-refractivity contribution in [2.75, 3.05) is 19.8 Å². The number of rotatable bonds is 13. The van der Waals surface area contributed by atoms with Crippen LogP contribution in [0.25, 0.3) is 22.6 Å². The lowest BCUT2D eigenvalue weighted by molar-refractivity contribution is -0.137. The quantitative estimate of drug-likeness (QED) is 0.112. The molecule has 47 heavy (non-hydrogen) atoms. The molecule has 0 radical (unpaired) electrons. The predicted molar refractivity (Wildman–Crippen MR) is 155 cm³/mol. The first kappa shape index (κ1) is 33.7. The first-order valence-electron chi connectivity index (χ1n) is 14.1. The average molecular weight is 682 g/mol. The number of fused-ring (bicyclic) bond motifs is 1. The molecule has 5 rings (SSSR count). The fourth-order valence-corrected chi connectivity index (χ4v) is 4.96. The van der Waals surface area contributed by atoms with E-state index < -0.39 is 46.7 Å². The molecule has 1 amide bonds. The van der Waals surface area contributed by atoms with Crippen molar-refractivity contribution in [2.24, 2.45) is 5.10 Å². The zero-order valence-electron chi connectivity index (χ0n) is 24.5. The van der Waals surface area contributed by atoms with Gasteiger partial charge in [-0.15, -0.1) is 0 Å². The standard InChI is InChI=1S/C29H27F5N6O6S/c1-2-10-44-16-7-8-17(19(12-16)29(32,33)34)21-13-24(46-39-21)26(28(41)35-9-4-11-45-47(42)43)40-15-23-22(14-36-40)37-27(38-23)18-5-3-6-20(30)25(18)31/h3,5-8,12-14,26H,2,4,9-11,15H2,1H3,(H,35,41)(H,37,38)(H,42,43)/p-1. The van der Waals surface area contributed by atoms with Crippen molar-refractivity contribution in [1.29, 1.82) is 0 Å². The van der Waals surface area contributed by atoms with Crippen LogP contribution in [0.3, 0.4) is 0 Å². The van der Waals surface area contributed by atoms with E-state index in [4.69, 9.17) is 9.26 Å². The zero-order chi connectivity index (χ0) is 33.7. The summed E-state index contributed by atoms with van der Waals surface area (Å²) in [5.74, 6) is -3.06. The summed E-state index contributed by atoms with van der Waals surface area (Å²) in [7, 11) is 0. The minimum Gasteiger partial charge on any atom is -0.750 e. The molecule has 2 N–H and O–H groups in total. The highest BCUT2D eigenvalue weighted by Gasteiger charge is 2.37. The Labute approximate surface area is 266 Å². The maximum atomic E-state index is 14.5. The number of imidazole rings is 1. The molecule has 3 heterocycles. The highest BCUT2D eigenvalue weighted by atomic mass is 32.2. The third-order valence-electron chi connectivity index (χ3n) is 6.86. The minimum absolute atomic E-state index is 0.00468. The summed E-state index contributed by atoms with van der Waals surface area (Å²) in [4.78, 5) is 20.7. The number of aromatic amines is 1. The molecule has 2 aromatic heterocycles. The molecular weight excluding hydrogens is 655 g/mol. The van der Waals surface area contributed by atoms with Crippen molar-refractivity contribution in [3.05, 3.63) is 76.8 Å². The van der Waals surface area contributed by atoms with Crippen molar-refractivity contribution < 1.29 is 49.0 Å². The Kier molecular flexibility index (Phi) is 10.3. The Morgan fingerprint density at radius 3 is 2.74 bits per heavy atom. The van der Waals surface area contributed by atoms with Crippen LogP contribution in [0.5, 0.6) is 5.75 Å². The number of ether oxygens (including phenoxy) is 1. The van der Waals surface area contributed by atoms with Crippen LogP contribution in [0.1, 0.15) is 48.5 Å². The second-order valence-electron chi connectivity index (χ2n) is 10.1. The molecule has 1 aliphatic heterocycles. The Bertz CT molecular complexity index is 1800. The van der Waals surface area contributed by atoms with Gasteiger partial charge in [0.25, 0.3) is 5.91 Å². The highest BCUT2D eigenvalue weighted by Crippen LogP contribution is 2.40. The normalized spacial score (nSPS) is 14.1. The Morgan fingerprint density at radius 1 is 1.19 bits per heavy atom. The van der Waals surface area contributed by atoms with E-state index in [2.05, 4.69) is 29.7 Å². The highest BCUT2D eigenvalue weighted by molar-refractivity contribution is 7.74. The predicted octanol–water partition coefficient (Wildman–Crippen LogP) is 5.03. The molecule has 4 aromatic rings. The van der Waals surface area contributed by atoms with Gasteiger partial charge in [0.15, 0.2) is 23.4 Å². The number of benzene rings is 2. The maximum Gasteiger partial charge on any atom is 0.417 e. The summed E-state index contributed by atoms with van der Waals surface area (Å²) >= 11 is -2.74. The topological polar surface area (TPSA) is 158 Å². The second-order valence-corrected chi connectivity index (χ2v) is 10.8. The molecule has 0 saturated carbocycles. The number of aromatic nitrogens is 3. The second kappa shape index (κ2) is 14.4. The van der Waals surface area contributed by atoms with E-state index >= 15 is 0 Å². The van der Waals surface area contributed by atoms with Gasteiger partial charge in [0, 0.05) is 18.2 Å². The Balaban J connectivity index is 1.45. The molecular formula is C29H26F5N6O6S-. The summed E-state index contributed by atoms with van der Waals surface area (Å²) in [5, 5.41) is 11.9. The van der Waals surface area contributed by atoms with Crippen LogP contribution in [-0.4, -0.2) is 60.8 Å². The zero-order valence-corrected chi connectivity index (χ0v) is 25.3. The number of hydrazone groups is 1. The molecule has 2 aromatic carbocycles. The summed E-state index contributed by atoms with van der Waals surface area (Å²) in [6.07, 6.45) is -2.82. The first-order valence-corrected chi connectivity index (χ1v) is 15.1. The van der Waals surface area contributed by atoms with Gasteiger partial charge in [0.1, 0.15) is 23.0 Å². The molecule has 2 unspecified atom stereocenters. The van der Waals surface area contributed by atoms with Crippen molar-refractivity contribution >= 4 is 23.5 Å². The van der Waals surface area contributed by atoms with Gasteiger partial charge in [0.05, 0.1) is 54.2 Å². The number of carbonyl (C=O) groups excluding carboxylic acids is 1. The molecule has 0 bridgehead atoms.